The Morgan fingerprint density at radius 1 is 0.727 bits per heavy atom. The highest BCUT2D eigenvalue weighted by molar-refractivity contribution is 5.94. The maximum absolute atomic E-state index is 6.10. The molecule has 4 heteroatoms. The fraction of sp³-hybridized carbons (Fsp3) is 0. The van der Waals surface area contributed by atoms with E-state index in [1.165, 1.54) is 0 Å². The average Bonchev–Trinajstić information content (AvgIpc) is 2.58. The van der Waals surface area contributed by atoms with Crippen molar-refractivity contribution in [1.29, 1.82) is 0 Å². The van der Waals surface area contributed by atoms with Crippen LogP contribution in [0.2, 0.25) is 0 Å². The van der Waals surface area contributed by atoms with Gasteiger partial charge in [0.1, 0.15) is 11.3 Å². The zero-order valence-corrected chi connectivity index (χ0v) is 11.7. The molecule has 22 heavy (non-hydrogen) atoms. The highest BCUT2D eigenvalue weighted by atomic mass is 16.5. The molecule has 4 nitrogen and oxygen atoms in total. The number of nitrogens with two attached hydrogens (primary N) is 1. The second-order valence-electron chi connectivity index (χ2n) is 4.99. The van der Waals surface area contributed by atoms with Crippen LogP contribution in [0.5, 0.6) is 11.5 Å². The maximum Gasteiger partial charge on any atom is 0.153 e. The minimum Gasteiger partial charge on any atom is -0.454 e. The van der Waals surface area contributed by atoms with Crippen molar-refractivity contribution in [3.8, 4) is 11.5 Å². The van der Waals surface area contributed by atoms with Gasteiger partial charge in [-0.25, -0.2) is 0 Å². The lowest BCUT2D eigenvalue weighted by Gasteiger charge is -2.11. The van der Waals surface area contributed by atoms with Crippen molar-refractivity contribution in [2.45, 2.75) is 0 Å². The molecule has 0 aliphatic carbocycles. The van der Waals surface area contributed by atoms with Gasteiger partial charge >= 0.3 is 0 Å². The molecule has 2 N–H and O–H groups in total. The molecule has 0 saturated carbocycles. The van der Waals surface area contributed by atoms with Crippen molar-refractivity contribution in [3.63, 3.8) is 0 Å². The second kappa shape index (κ2) is 5.00. The van der Waals surface area contributed by atoms with Gasteiger partial charge in [0.25, 0.3) is 0 Å². The number of benzene rings is 2. The van der Waals surface area contributed by atoms with Crippen LogP contribution in [-0.4, -0.2) is 9.97 Å². The largest absolute Gasteiger partial charge is 0.454 e. The topological polar surface area (TPSA) is 61.0 Å². The average molecular weight is 287 g/mol. The highest BCUT2D eigenvalue weighted by Gasteiger charge is 2.09. The van der Waals surface area contributed by atoms with E-state index in [4.69, 9.17) is 10.5 Å². The smallest absolute Gasteiger partial charge is 0.153 e. The van der Waals surface area contributed by atoms with E-state index in [-0.39, 0.29) is 0 Å². The number of ether oxygens (including phenoxy) is 1. The van der Waals surface area contributed by atoms with Gasteiger partial charge in [-0.05, 0) is 36.4 Å². The molecule has 106 valence electrons. The SMILES string of the molecule is Nc1ccc(Oc2cccc3cccnc23)c2cccnc12. The zero-order valence-electron chi connectivity index (χ0n) is 11.7. The predicted octanol–water partition coefficient (Wildman–Crippen LogP) is 4.16. The number of hydrogen-bond donors (Lipinski definition) is 1. The third-order valence-corrected chi connectivity index (χ3v) is 3.58. The normalized spacial score (nSPS) is 10.9. The Kier molecular flexibility index (Phi) is 2.86. The number of para-hydroxylation sites is 1. The van der Waals surface area contributed by atoms with E-state index in [2.05, 4.69) is 9.97 Å². The minimum absolute atomic E-state index is 0.638. The zero-order chi connectivity index (χ0) is 14.9. The molecule has 0 saturated heterocycles. The number of hydrogen-bond acceptors (Lipinski definition) is 4. The molecule has 0 aliphatic rings. The standard InChI is InChI=1S/C18H13N3O/c19-14-8-9-15(13-6-3-11-21-18(13)14)22-16-7-1-4-12-5-2-10-20-17(12)16/h1-11H,19H2. The summed E-state index contributed by atoms with van der Waals surface area (Å²) in [6, 6.07) is 17.3. The lowest BCUT2D eigenvalue weighted by atomic mass is 10.1. The number of rotatable bonds is 2. The van der Waals surface area contributed by atoms with Gasteiger partial charge in [-0.2, -0.15) is 0 Å². The summed E-state index contributed by atoms with van der Waals surface area (Å²) in [7, 11) is 0. The molecule has 2 heterocycles. The van der Waals surface area contributed by atoms with Crippen molar-refractivity contribution < 1.29 is 4.74 Å². The van der Waals surface area contributed by atoms with Crippen LogP contribution in [0.1, 0.15) is 0 Å². The van der Waals surface area contributed by atoms with Gasteiger partial charge in [0, 0.05) is 23.2 Å². The number of nitrogen functional groups attached to an aromatic ring is 1. The molecule has 0 amide bonds. The van der Waals surface area contributed by atoms with Gasteiger partial charge in [-0.3, -0.25) is 9.97 Å². The molecular formula is C18H13N3O. The van der Waals surface area contributed by atoms with Crippen LogP contribution in [0, 0.1) is 0 Å². The van der Waals surface area contributed by atoms with E-state index < -0.39 is 0 Å². The number of nitrogens with zero attached hydrogens (tertiary/aromatic N) is 2. The second-order valence-corrected chi connectivity index (χ2v) is 4.99. The molecule has 4 rings (SSSR count). The van der Waals surface area contributed by atoms with Crippen LogP contribution < -0.4 is 10.5 Å². The number of anilines is 1. The first-order valence-corrected chi connectivity index (χ1v) is 6.98. The van der Waals surface area contributed by atoms with Crippen molar-refractivity contribution in [2.24, 2.45) is 0 Å². The van der Waals surface area contributed by atoms with E-state index in [1.54, 1.807) is 12.4 Å². The van der Waals surface area contributed by atoms with Gasteiger partial charge in [0.15, 0.2) is 5.75 Å². The molecule has 2 aromatic heterocycles. The Morgan fingerprint density at radius 2 is 1.50 bits per heavy atom. The molecule has 2 aromatic carbocycles. The Morgan fingerprint density at radius 3 is 2.41 bits per heavy atom. The number of fused-ring (bicyclic) bond motifs is 2. The van der Waals surface area contributed by atoms with Gasteiger partial charge < -0.3 is 10.5 Å². The molecule has 0 unspecified atom stereocenters. The quantitative estimate of drug-likeness (QED) is 0.562. The van der Waals surface area contributed by atoms with E-state index in [0.717, 1.165) is 27.6 Å². The molecule has 0 aliphatic heterocycles. The maximum atomic E-state index is 6.10. The molecular weight excluding hydrogens is 274 g/mol. The number of aromatic nitrogens is 2. The first-order chi connectivity index (χ1) is 10.8. The van der Waals surface area contributed by atoms with Gasteiger partial charge in [0.05, 0.1) is 11.2 Å². The molecule has 0 fully saturated rings. The third-order valence-electron chi connectivity index (χ3n) is 3.58. The van der Waals surface area contributed by atoms with Gasteiger partial charge in [-0.15, -0.1) is 0 Å². The summed E-state index contributed by atoms with van der Waals surface area (Å²) in [5.41, 5.74) is 8.19. The fourth-order valence-corrected chi connectivity index (χ4v) is 2.53. The van der Waals surface area contributed by atoms with Crippen molar-refractivity contribution in [2.75, 3.05) is 5.73 Å². The summed E-state index contributed by atoms with van der Waals surface area (Å²) in [5.74, 6) is 1.43. The summed E-state index contributed by atoms with van der Waals surface area (Å²) in [5, 5.41) is 1.92. The molecule has 0 bridgehead atoms. The Balaban J connectivity index is 1.88. The van der Waals surface area contributed by atoms with Crippen LogP contribution in [-0.2, 0) is 0 Å². The molecule has 0 radical (unpaired) electrons. The lowest BCUT2D eigenvalue weighted by molar-refractivity contribution is 0.493. The highest BCUT2D eigenvalue weighted by Crippen LogP contribution is 2.34. The van der Waals surface area contributed by atoms with Crippen LogP contribution in [0.3, 0.4) is 0 Å². The third kappa shape index (κ3) is 2.02. The van der Waals surface area contributed by atoms with Crippen molar-refractivity contribution in [3.05, 3.63) is 67.0 Å². The first kappa shape index (κ1) is 12.6. The van der Waals surface area contributed by atoms with Crippen molar-refractivity contribution in [1.82, 2.24) is 9.97 Å². The summed E-state index contributed by atoms with van der Waals surface area (Å²) >= 11 is 0. The number of pyridine rings is 2. The molecule has 0 spiro atoms. The van der Waals surface area contributed by atoms with Crippen LogP contribution >= 0.6 is 0 Å². The molecule has 0 atom stereocenters. The Labute approximate surface area is 127 Å². The monoisotopic (exact) mass is 287 g/mol. The first-order valence-electron chi connectivity index (χ1n) is 6.98. The lowest BCUT2D eigenvalue weighted by Crippen LogP contribution is -1.93. The van der Waals surface area contributed by atoms with Crippen LogP contribution in [0.4, 0.5) is 5.69 Å². The van der Waals surface area contributed by atoms with E-state index >= 15 is 0 Å². The van der Waals surface area contributed by atoms with Gasteiger partial charge in [0.2, 0.25) is 0 Å². The summed E-state index contributed by atoms with van der Waals surface area (Å²) in [6.07, 6.45) is 3.49. The van der Waals surface area contributed by atoms with Crippen LogP contribution in [0.25, 0.3) is 21.8 Å². The summed E-state index contributed by atoms with van der Waals surface area (Å²) in [4.78, 5) is 8.73. The van der Waals surface area contributed by atoms with E-state index in [9.17, 15) is 0 Å². The minimum atomic E-state index is 0.638. The summed E-state index contributed by atoms with van der Waals surface area (Å²) in [6.45, 7) is 0. The summed E-state index contributed by atoms with van der Waals surface area (Å²) < 4.78 is 6.10. The fourth-order valence-electron chi connectivity index (χ4n) is 2.53. The Hall–Kier alpha value is -3.14. The van der Waals surface area contributed by atoms with Crippen molar-refractivity contribution >= 4 is 27.5 Å². The van der Waals surface area contributed by atoms with E-state index in [1.807, 2.05) is 54.6 Å². The Bertz CT molecular complexity index is 977. The van der Waals surface area contributed by atoms with Crippen LogP contribution in [0.15, 0.2) is 67.0 Å². The van der Waals surface area contributed by atoms with E-state index in [0.29, 0.717) is 11.4 Å². The molecule has 4 aromatic rings. The predicted molar refractivity (Wildman–Crippen MR) is 88.0 cm³/mol. The van der Waals surface area contributed by atoms with Gasteiger partial charge in [-0.1, -0.05) is 18.2 Å².